The van der Waals surface area contributed by atoms with Gasteiger partial charge in [0.2, 0.25) is 0 Å². The Hall–Kier alpha value is -1.23. The molecule has 2 rings (SSSR count). The SMILES string of the molecule is C=C[C@@H]1OCC[C@H]1NC(=O)c1c(O)cc(Cl)cc1Cl. The lowest BCUT2D eigenvalue weighted by molar-refractivity contribution is 0.0898. The number of carbonyl (C=O) groups is 1. The fourth-order valence-corrected chi connectivity index (χ4v) is 2.59. The monoisotopic (exact) mass is 301 g/mol. The summed E-state index contributed by atoms with van der Waals surface area (Å²) >= 11 is 11.7. The molecule has 0 unspecified atom stereocenters. The first-order valence-electron chi connectivity index (χ1n) is 5.76. The second kappa shape index (κ2) is 5.82. The average molecular weight is 302 g/mol. The summed E-state index contributed by atoms with van der Waals surface area (Å²) in [6.07, 6.45) is 2.10. The molecule has 19 heavy (non-hydrogen) atoms. The standard InChI is InChI=1S/C13H13Cl2NO3/c1-2-11-9(3-4-19-11)16-13(18)12-8(15)5-7(14)6-10(12)17/h2,5-6,9,11,17H,1,3-4H2,(H,16,18)/t9-,11+/m1/s1. The molecule has 1 fully saturated rings. The number of phenolic OH excluding ortho intramolecular Hbond substituents is 1. The maximum Gasteiger partial charge on any atom is 0.256 e. The third-order valence-corrected chi connectivity index (χ3v) is 3.46. The van der Waals surface area contributed by atoms with E-state index in [1.807, 2.05) is 0 Å². The highest BCUT2D eigenvalue weighted by Gasteiger charge is 2.28. The minimum absolute atomic E-state index is 0.0146. The van der Waals surface area contributed by atoms with Gasteiger partial charge in [-0.05, 0) is 18.6 Å². The number of amides is 1. The van der Waals surface area contributed by atoms with E-state index in [0.29, 0.717) is 13.0 Å². The summed E-state index contributed by atoms with van der Waals surface area (Å²) < 4.78 is 5.38. The highest BCUT2D eigenvalue weighted by molar-refractivity contribution is 6.37. The van der Waals surface area contributed by atoms with E-state index in [4.69, 9.17) is 27.9 Å². The zero-order valence-corrected chi connectivity index (χ0v) is 11.5. The van der Waals surface area contributed by atoms with Gasteiger partial charge < -0.3 is 15.2 Å². The normalized spacial score (nSPS) is 22.2. The van der Waals surface area contributed by atoms with Crippen LogP contribution in [0.3, 0.4) is 0 Å². The summed E-state index contributed by atoms with van der Waals surface area (Å²) in [4.78, 5) is 12.1. The van der Waals surface area contributed by atoms with Gasteiger partial charge in [0, 0.05) is 11.6 Å². The van der Waals surface area contributed by atoms with Gasteiger partial charge in [-0.2, -0.15) is 0 Å². The second-order valence-corrected chi connectivity index (χ2v) is 5.07. The molecule has 0 bridgehead atoms. The lowest BCUT2D eigenvalue weighted by atomic mass is 10.1. The number of aromatic hydroxyl groups is 1. The molecule has 4 nitrogen and oxygen atoms in total. The molecule has 6 heteroatoms. The van der Waals surface area contributed by atoms with E-state index < -0.39 is 5.91 Å². The second-order valence-electron chi connectivity index (χ2n) is 4.22. The van der Waals surface area contributed by atoms with Gasteiger partial charge in [0.15, 0.2) is 0 Å². The van der Waals surface area contributed by atoms with Crippen molar-refractivity contribution >= 4 is 29.1 Å². The third kappa shape index (κ3) is 3.03. The quantitative estimate of drug-likeness (QED) is 0.844. The highest BCUT2D eigenvalue weighted by Crippen LogP contribution is 2.30. The molecule has 0 radical (unpaired) electrons. The maximum absolute atomic E-state index is 12.1. The fraction of sp³-hybridized carbons (Fsp3) is 0.308. The minimum Gasteiger partial charge on any atom is -0.507 e. The summed E-state index contributed by atoms with van der Waals surface area (Å²) in [5, 5.41) is 12.9. The van der Waals surface area contributed by atoms with Gasteiger partial charge in [-0.1, -0.05) is 29.3 Å². The molecule has 0 spiro atoms. The van der Waals surface area contributed by atoms with Crippen molar-refractivity contribution < 1.29 is 14.6 Å². The van der Waals surface area contributed by atoms with Crippen LogP contribution in [0.5, 0.6) is 5.75 Å². The van der Waals surface area contributed by atoms with Gasteiger partial charge >= 0.3 is 0 Å². The Morgan fingerprint density at radius 2 is 2.26 bits per heavy atom. The predicted molar refractivity (Wildman–Crippen MR) is 73.9 cm³/mol. The molecule has 0 saturated carbocycles. The maximum atomic E-state index is 12.1. The lowest BCUT2D eigenvalue weighted by Crippen LogP contribution is -2.39. The molecule has 1 saturated heterocycles. The Kier molecular flexibility index (Phi) is 4.34. The molecule has 1 heterocycles. The van der Waals surface area contributed by atoms with Crippen molar-refractivity contribution in [1.29, 1.82) is 0 Å². The molecule has 0 aliphatic carbocycles. The first-order valence-corrected chi connectivity index (χ1v) is 6.51. The molecule has 1 aliphatic heterocycles. The Bertz CT molecular complexity index is 496. The number of hydrogen-bond donors (Lipinski definition) is 2. The topological polar surface area (TPSA) is 58.6 Å². The van der Waals surface area contributed by atoms with E-state index in [-0.39, 0.29) is 33.5 Å². The van der Waals surface area contributed by atoms with Crippen molar-refractivity contribution in [3.8, 4) is 5.75 Å². The first kappa shape index (κ1) is 14.2. The van der Waals surface area contributed by atoms with E-state index in [9.17, 15) is 9.90 Å². The van der Waals surface area contributed by atoms with Gasteiger partial charge in [0.05, 0.1) is 22.7 Å². The Morgan fingerprint density at radius 3 is 2.89 bits per heavy atom. The van der Waals surface area contributed by atoms with E-state index in [0.717, 1.165) is 0 Å². The molecule has 1 aromatic carbocycles. The predicted octanol–water partition coefficient (Wildman–Crippen LogP) is 2.77. The van der Waals surface area contributed by atoms with Crippen LogP contribution in [0.4, 0.5) is 0 Å². The zero-order valence-electron chi connectivity index (χ0n) is 10.0. The van der Waals surface area contributed by atoms with Crippen LogP contribution in [-0.2, 0) is 4.74 Å². The van der Waals surface area contributed by atoms with Crippen LogP contribution in [0.1, 0.15) is 16.8 Å². The van der Waals surface area contributed by atoms with Gasteiger partial charge in [0.1, 0.15) is 5.75 Å². The zero-order chi connectivity index (χ0) is 14.0. The number of ether oxygens (including phenoxy) is 1. The average Bonchev–Trinajstić information content (AvgIpc) is 2.74. The first-order chi connectivity index (χ1) is 9.02. The van der Waals surface area contributed by atoms with Gasteiger partial charge in [-0.3, -0.25) is 4.79 Å². The van der Waals surface area contributed by atoms with E-state index in [2.05, 4.69) is 11.9 Å². The fourth-order valence-electron chi connectivity index (χ4n) is 2.02. The number of phenols is 1. The minimum atomic E-state index is -0.457. The Morgan fingerprint density at radius 1 is 1.53 bits per heavy atom. The van der Waals surface area contributed by atoms with Gasteiger partial charge in [0.25, 0.3) is 5.91 Å². The van der Waals surface area contributed by atoms with Crippen molar-refractivity contribution in [3.05, 3.63) is 40.4 Å². The number of benzene rings is 1. The molecule has 1 aliphatic rings. The van der Waals surface area contributed by atoms with Crippen molar-refractivity contribution in [2.45, 2.75) is 18.6 Å². The summed E-state index contributed by atoms with van der Waals surface area (Å²) in [7, 11) is 0. The number of carbonyl (C=O) groups excluding carboxylic acids is 1. The molecule has 2 N–H and O–H groups in total. The van der Waals surface area contributed by atoms with Crippen LogP contribution in [-0.4, -0.2) is 29.8 Å². The molecule has 1 amide bonds. The lowest BCUT2D eigenvalue weighted by Gasteiger charge is -2.17. The summed E-state index contributed by atoms with van der Waals surface area (Å²) in [6.45, 7) is 4.21. The largest absolute Gasteiger partial charge is 0.507 e. The van der Waals surface area contributed by atoms with Crippen molar-refractivity contribution in [2.24, 2.45) is 0 Å². The highest BCUT2D eigenvalue weighted by atomic mass is 35.5. The number of halogens is 2. The molecular formula is C13H13Cl2NO3. The molecular weight excluding hydrogens is 289 g/mol. The van der Waals surface area contributed by atoms with Crippen molar-refractivity contribution in [3.63, 3.8) is 0 Å². The van der Waals surface area contributed by atoms with Crippen LogP contribution < -0.4 is 5.32 Å². The third-order valence-electron chi connectivity index (χ3n) is 2.95. The molecule has 1 aromatic rings. The number of nitrogens with one attached hydrogen (secondary N) is 1. The van der Waals surface area contributed by atoms with Crippen LogP contribution in [0.25, 0.3) is 0 Å². The van der Waals surface area contributed by atoms with Crippen LogP contribution in [0, 0.1) is 0 Å². The Labute approximate surface area is 121 Å². The molecule has 0 aromatic heterocycles. The van der Waals surface area contributed by atoms with E-state index in [1.54, 1.807) is 6.08 Å². The summed E-state index contributed by atoms with van der Waals surface area (Å²) in [5.74, 6) is -0.703. The van der Waals surface area contributed by atoms with E-state index in [1.165, 1.54) is 12.1 Å². The van der Waals surface area contributed by atoms with E-state index >= 15 is 0 Å². The van der Waals surface area contributed by atoms with Gasteiger partial charge in [-0.15, -0.1) is 6.58 Å². The Balaban J connectivity index is 2.18. The van der Waals surface area contributed by atoms with Crippen molar-refractivity contribution in [2.75, 3.05) is 6.61 Å². The van der Waals surface area contributed by atoms with Gasteiger partial charge in [-0.25, -0.2) is 0 Å². The summed E-state index contributed by atoms with van der Waals surface area (Å²) in [6, 6.07) is 2.52. The molecule has 2 atom stereocenters. The van der Waals surface area contributed by atoms with Crippen molar-refractivity contribution in [1.82, 2.24) is 5.32 Å². The van der Waals surface area contributed by atoms with Crippen LogP contribution >= 0.6 is 23.2 Å². The number of hydrogen-bond acceptors (Lipinski definition) is 3. The van der Waals surface area contributed by atoms with Crippen LogP contribution in [0.2, 0.25) is 10.0 Å². The molecule has 102 valence electrons. The summed E-state index contributed by atoms with van der Waals surface area (Å²) in [5.41, 5.74) is 0.0146. The van der Waals surface area contributed by atoms with Crippen LogP contribution in [0.15, 0.2) is 24.8 Å². The number of rotatable bonds is 3. The smallest absolute Gasteiger partial charge is 0.256 e.